The molecule has 2 aromatic rings. The maximum Gasteiger partial charge on any atom is 0.253 e. The van der Waals surface area contributed by atoms with Gasteiger partial charge < -0.3 is 15.1 Å². The van der Waals surface area contributed by atoms with Crippen molar-refractivity contribution in [2.75, 3.05) is 31.1 Å². The van der Waals surface area contributed by atoms with Crippen molar-refractivity contribution in [2.45, 2.75) is 13.0 Å². The Balaban J connectivity index is 1.56. The minimum atomic E-state index is -0.624. The zero-order chi connectivity index (χ0) is 19.4. The highest BCUT2D eigenvalue weighted by atomic mass is 35.5. The van der Waals surface area contributed by atoms with Crippen molar-refractivity contribution in [1.29, 1.82) is 0 Å². The first-order valence-corrected chi connectivity index (χ1v) is 9.56. The lowest BCUT2D eigenvalue weighted by Crippen LogP contribution is -2.54. The third-order valence-electron chi connectivity index (χ3n) is 4.62. The van der Waals surface area contributed by atoms with Crippen LogP contribution >= 0.6 is 23.2 Å². The molecule has 1 saturated heterocycles. The first-order chi connectivity index (χ1) is 13.0. The fraction of sp³-hybridized carbons (Fsp3) is 0.300. The molecular formula is C20H21Cl2N3O2. The number of para-hydroxylation sites is 1. The number of piperazine rings is 1. The Hall–Kier alpha value is -2.24. The summed E-state index contributed by atoms with van der Waals surface area (Å²) in [6.07, 6.45) is 0. The third kappa shape index (κ3) is 4.54. The van der Waals surface area contributed by atoms with Gasteiger partial charge in [0.05, 0.1) is 21.3 Å². The Morgan fingerprint density at radius 1 is 0.926 bits per heavy atom. The van der Waals surface area contributed by atoms with Crippen molar-refractivity contribution in [3.63, 3.8) is 0 Å². The summed E-state index contributed by atoms with van der Waals surface area (Å²) in [7, 11) is 0. The van der Waals surface area contributed by atoms with Crippen LogP contribution in [0, 0.1) is 0 Å². The van der Waals surface area contributed by atoms with Gasteiger partial charge in [-0.2, -0.15) is 0 Å². The van der Waals surface area contributed by atoms with Crippen LogP contribution in [-0.4, -0.2) is 48.9 Å². The number of hydrogen-bond donors (Lipinski definition) is 1. The Kier molecular flexibility index (Phi) is 6.24. The van der Waals surface area contributed by atoms with Gasteiger partial charge in [-0.05, 0) is 31.2 Å². The van der Waals surface area contributed by atoms with Gasteiger partial charge in [-0.3, -0.25) is 9.59 Å². The third-order valence-corrected chi connectivity index (χ3v) is 5.27. The van der Waals surface area contributed by atoms with Crippen LogP contribution in [-0.2, 0) is 4.79 Å². The van der Waals surface area contributed by atoms with Crippen molar-refractivity contribution in [3.8, 4) is 0 Å². The van der Waals surface area contributed by atoms with Crippen LogP contribution in [0.3, 0.4) is 0 Å². The number of nitrogens with zero attached hydrogens (tertiary/aromatic N) is 2. The van der Waals surface area contributed by atoms with Crippen LogP contribution in [0.2, 0.25) is 10.0 Å². The van der Waals surface area contributed by atoms with E-state index in [-0.39, 0.29) is 11.8 Å². The number of halogens is 2. The van der Waals surface area contributed by atoms with Gasteiger partial charge in [0.15, 0.2) is 0 Å². The first-order valence-electron chi connectivity index (χ1n) is 8.81. The van der Waals surface area contributed by atoms with Crippen molar-refractivity contribution >= 4 is 40.7 Å². The van der Waals surface area contributed by atoms with E-state index in [1.165, 1.54) is 0 Å². The SMILES string of the molecule is CC(NC(=O)c1ccccc1Cl)C(=O)N1CCN(c2ccccc2Cl)CC1. The molecule has 0 aliphatic carbocycles. The molecule has 0 aromatic heterocycles. The summed E-state index contributed by atoms with van der Waals surface area (Å²) < 4.78 is 0. The molecule has 3 rings (SSSR count). The quantitative estimate of drug-likeness (QED) is 0.846. The molecule has 1 atom stereocenters. The van der Waals surface area contributed by atoms with Crippen LogP contribution in [0.4, 0.5) is 5.69 Å². The van der Waals surface area contributed by atoms with E-state index in [0.29, 0.717) is 41.8 Å². The summed E-state index contributed by atoms with van der Waals surface area (Å²) in [4.78, 5) is 29.0. The maximum atomic E-state index is 12.7. The van der Waals surface area contributed by atoms with Gasteiger partial charge in [0.2, 0.25) is 5.91 Å². The van der Waals surface area contributed by atoms with Crippen molar-refractivity contribution in [3.05, 3.63) is 64.1 Å². The molecule has 1 heterocycles. The van der Waals surface area contributed by atoms with Gasteiger partial charge in [-0.1, -0.05) is 47.5 Å². The molecule has 1 aliphatic rings. The van der Waals surface area contributed by atoms with Gasteiger partial charge in [-0.25, -0.2) is 0 Å². The van der Waals surface area contributed by atoms with Gasteiger partial charge in [-0.15, -0.1) is 0 Å². The number of carbonyl (C=O) groups excluding carboxylic acids is 2. The second-order valence-corrected chi connectivity index (χ2v) is 7.25. The molecule has 142 valence electrons. The second-order valence-electron chi connectivity index (χ2n) is 6.44. The predicted molar refractivity (Wildman–Crippen MR) is 109 cm³/mol. The van der Waals surface area contributed by atoms with E-state index in [1.807, 2.05) is 24.3 Å². The largest absolute Gasteiger partial charge is 0.367 e. The van der Waals surface area contributed by atoms with Crippen molar-refractivity contribution < 1.29 is 9.59 Å². The molecule has 7 heteroatoms. The Labute approximate surface area is 168 Å². The smallest absolute Gasteiger partial charge is 0.253 e. The zero-order valence-electron chi connectivity index (χ0n) is 15.0. The first kappa shape index (κ1) is 19.5. The number of hydrogen-bond acceptors (Lipinski definition) is 3. The number of rotatable bonds is 4. The van der Waals surface area contributed by atoms with Gasteiger partial charge in [0.25, 0.3) is 5.91 Å². The normalized spacial score (nSPS) is 15.4. The van der Waals surface area contributed by atoms with E-state index >= 15 is 0 Å². The van der Waals surface area contributed by atoms with Crippen LogP contribution in [0.1, 0.15) is 17.3 Å². The van der Waals surface area contributed by atoms with Gasteiger partial charge in [0.1, 0.15) is 6.04 Å². The lowest BCUT2D eigenvalue weighted by Gasteiger charge is -2.37. The van der Waals surface area contributed by atoms with E-state index in [9.17, 15) is 9.59 Å². The number of nitrogens with one attached hydrogen (secondary N) is 1. The monoisotopic (exact) mass is 405 g/mol. The summed E-state index contributed by atoms with van der Waals surface area (Å²) in [5.74, 6) is -0.453. The molecule has 1 aliphatic heterocycles. The van der Waals surface area contributed by atoms with Crippen molar-refractivity contribution in [1.82, 2.24) is 10.2 Å². The van der Waals surface area contributed by atoms with E-state index in [4.69, 9.17) is 23.2 Å². The Morgan fingerprint density at radius 3 is 2.15 bits per heavy atom. The molecule has 1 unspecified atom stereocenters. The highest BCUT2D eigenvalue weighted by Gasteiger charge is 2.27. The summed E-state index contributed by atoms with van der Waals surface area (Å²) in [6.45, 7) is 4.24. The molecule has 5 nitrogen and oxygen atoms in total. The number of carbonyl (C=O) groups is 2. The predicted octanol–water partition coefficient (Wildman–Crippen LogP) is 3.46. The summed E-state index contributed by atoms with van der Waals surface area (Å²) in [6, 6.07) is 13.8. The minimum absolute atomic E-state index is 0.103. The number of benzene rings is 2. The molecular weight excluding hydrogens is 385 g/mol. The zero-order valence-corrected chi connectivity index (χ0v) is 16.5. The van der Waals surface area contributed by atoms with Gasteiger partial charge >= 0.3 is 0 Å². The van der Waals surface area contributed by atoms with Gasteiger partial charge in [0, 0.05) is 26.2 Å². The summed E-state index contributed by atoms with van der Waals surface area (Å²) >= 11 is 12.3. The van der Waals surface area contributed by atoms with E-state index in [2.05, 4.69) is 10.2 Å². The summed E-state index contributed by atoms with van der Waals surface area (Å²) in [5.41, 5.74) is 1.34. The van der Waals surface area contributed by atoms with Crippen LogP contribution in [0.5, 0.6) is 0 Å². The molecule has 1 N–H and O–H groups in total. The van der Waals surface area contributed by atoms with Crippen LogP contribution < -0.4 is 10.2 Å². The summed E-state index contributed by atoms with van der Waals surface area (Å²) in [5, 5.41) is 3.81. The van der Waals surface area contributed by atoms with Crippen LogP contribution in [0.15, 0.2) is 48.5 Å². The lowest BCUT2D eigenvalue weighted by atomic mass is 10.1. The lowest BCUT2D eigenvalue weighted by molar-refractivity contribution is -0.133. The fourth-order valence-electron chi connectivity index (χ4n) is 3.13. The Bertz CT molecular complexity index is 835. The highest BCUT2D eigenvalue weighted by Crippen LogP contribution is 2.26. The Morgan fingerprint density at radius 2 is 1.52 bits per heavy atom. The maximum absolute atomic E-state index is 12.7. The molecule has 2 amide bonds. The average Bonchev–Trinajstić information content (AvgIpc) is 2.68. The minimum Gasteiger partial charge on any atom is -0.367 e. The van der Waals surface area contributed by atoms with E-state index < -0.39 is 6.04 Å². The molecule has 27 heavy (non-hydrogen) atoms. The average molecular weight is 406 g/mol. The molecule has 0 spiro atoms. The number of anilines is 1. The molecule has 2 aromatic carbocycles. The standard InChI is InChI=1S/C20H21Cl2N3O2/c1-14(23-19(26)15-6-2-3-7-16(15)21)20(27)25-12-10-24(11-13-25)18-9-5-4-8-17(18)22/h2-9,14H,10-13H2,1H3,(H,23,26). The molecule has 0 bridgehead atoms. The van der Waals surface area contributed by atoms with E-state index in [1.54, 1.807) is 36.1 Å². The molecule has 1 fully saturated rings. The molecule has 0 radical (unpaired) electrons. The second kappa shape index (κ2) is 8.63. The number of amides is 2. The fourth-order valence-corrected chi connectivity index (χ4v) is 3.61. The highest BCUT2D eigenvalue weighted by molar-refractivity contribution is 6.34. The van der Waals surface area contributed by atoms with E-state index in [0.717, 1.165) is 5.69 Å². The molecule has 0 saturated carbocycles. The topological polar surface area (TPSA) is 52.7 Å². The van der Waals surface area contributed by atoms with Crippen LogP contribution in [0.25, 0.3) is 0 Å². The van der Waals surface area contributed by atoms with Crippen molar-refractivity contribution in [2.24, 2.45) is 0 Å².